The molecule has 7 nitrogen and oxygen atoms in total. The minimum Gasteiger partial charge on any atom is -0.368 e. The first-order chi connectivity index (χ1) is 7.89. The van der Waals surface area contributed by atoms with Crippen LogP contribution >= 0.6 is 0 Å². The lowest BCUT2D eigenvalue weighted by Gasteiger charge is -2.21. The number of anilines is 1. The summed E-state index contributed by atoms with van der Waals surface area (Å²) in [6.45, 7) is 1.65. The maximum absolute atomic E-state index is 12.1. The van der Waals surface area contributed by atoms with Crippen LogP contribution in [0.4, 0.5) is 5.95 Å². The third-order valence-corrected chi connectivity index (χ3v) is 4.26. The van der Waals surface area contributed by atoms with Crippen molar-refractivity contribution in [1.82, 2.24) is 14.3 Å². The second-order valence-electron chi connectivity index (χ2n) is 3.51. The molecule has 0 saturated heterocycles. The number of nitrogens with zero attached hydrogens (tertiary/aromatic N) is 4. The average Bonchev–Trinajstić information content (AvgIpc) is 2.29. The fourth-order valence-electron chi connectivity index (χ4n) is 1.12. The number of rotatable bonds is 4. The Labute approximate surface area is 99.9 Å². The Balaban J connectivity index is 3.03. The minimum atomic E-state index is -3.68. The van der Waals surface area contributed by atoms with Crippen LogP contribution in [-0.2, 0) is 10.0 Å². The quantitative estimate of drug-likeness (QED) is 0.809. The van der Waals surface area contributed by atoms with Crippen LogP contribution in [0, 0.1) is 11.3 Å². The van der Waals surface area contributed by atoms with Gasteiger partial charge >= 0.3 is 0 Å². The molecule has 1 rings (SSSR count). The zero-order chi connectivity index (χ0) is 13.1. The van der Waals surface area contributed by atoms with E-state index >= 15 is 0 Å². The van der Waals surface area contributed by atoms with Crippen molar-refractivity contribution in [2.45, 2.75) is 24.3 Å². The van der Waals surface area contributed by atoms with E-state index in [2.05, 4.69) is 9.97 Å². The first-order valence-electron chi connectivity index (χ1n) is 4.82. The summed E-state index contributed by atoms with van der Waals surface area (Å²) in [5, 5.41) is 8.55. The Kier molecular flexibility index (Phi) is 3.98. The van der Waals surface area contributed by atoms with Crippen LogP contribution in [0.25, 0.3) is 0 Å². The Morgan fingerprint density at radius 2 is 2.06 bits per heavy atom. The van der Waals surface area contributed by atoms with Crippen molar-refractivity contribution in [2.75, 3.05) is 12.8 Å². The molecule has 0 aliphatic carbocycles. The van der Waals surface area contributed by atoms with Crippen molar-refractivity contribution in [1.29, 1.82) is 5.26 Å². The summed E-state index contributed by atoms with van der Waals surface area (Å²) < 4.78 is 25.2. The van der Waals surface area contributed by atoms with E-state index in [1.807, 2.05) is 6.07 Å². The molecular weight excluding hydrogens is 242 g/mol. The van der Waals surface area contributed by atoms with Gasteiger partial charge in [0.1, 0.15) is 4.90 Å². The molecule has 0 spiro atoms. The summed E-state index contributed by atoms with van der Waals surface area (Å²) >= 11 is 0. The van der Waals surface area contributed by atoms with E-state index in [4.69, 9.17) is 11.0 Å². The normalized spacial score (nSPS) is 13.3. The van der Waals surface area contributed by atoms with Crippen LogP contribution in [0.1, 0.15) is 13.3 Å². The summed E-state index contributed by atoms with van der Waals surface area (Å²) in [6, 6.07) is 1.51. The highest BCUT2D eigenvalue weighted by molar-refractivity contribution is 7.89. The van der Waals surface area contributed by atoms with Crippen LogP contribution < -0.4 is 5.73 Å². The molecule has 0 aliphatic heterocycles. The Hall–Kier alpha value is -1.72. The van der Waals surface area contributed by atoms with Gasteiger partial charge in [0.05, 0.1) is 24.9 Å². The smallest absolute Gasteiger partial charge is 0.246 e. The maximum Gasteiger partial charge on any atom is 0.246 e. The van der Waals surface area contributed by atoms with Gasteiger partial charge in [0.15, 0.2) is 0 Å². The second-order valence-corrected chi connectivity index (χ2v) is 5.51. The molecule has 0 aliphatic rings. The largest absolute Gasteiger partial charge is 0.368 e. The molecule has 0 fully saturated rings. The number of nitrogens with two attached hydrogens (primary N) is 1. The van der Waals surface area contributed by atoms with Gasteiger partial charge < -0.3 is 5.73 Å². The van der Waals surface area contributed by atoms with Crippen molar-refractivity contribution in [3.05, 3.63) is 12.4 Å². The van der Waals surface area contributed by atoms with Gasteiger partial charge in [-0.1, -0.05) is 0 Å². The van der Waals surface area contributed by atoms with Gasteiger partial charge in [0.25, 0.3) is 0 Å². The molecule has 1 aromatic heterocycles. The lowest BCUT2D eigenvalue weighted by atomic mass is 10.3. The maximum atomic E-state index is 12.1. The highest BCUT2D eigenvalue weighted by atomic mass is 32.2. The summed E-state index contributed by atoms with van der Waals surface area (Å²) in [6.07, 6.45) is 2.41. The Morgan fingerprint density at radius 1 is 1.53 bits per heavy atom. The molecule has 0 amide bonds. The van der Waals surface area contributed by atoms with Crippen LogP contribution in [0.3, 0.4) is 0 Å². The van der Waals surface area contributed by atoms with E-state index in [-0.39, 0.29) is 17.3 Å². The number of hydrogen-bond acceptors (Lipinski definition) is 6. The van der Waals surface area contributed by atoms with Crippen molar-refractivity contribution in [2.24, 2.45) is 0 Å². The van der Waals surface area contributed by atoms with Gasteiger partial charge in [-0.2, -0.15) is 9.57 Å². The molecule has 92 valence electrons. The molecule has 1 heterocycles. The second kappa shape index (κ2) is 5.07. The van der Waals surface area contributed by atoms with Gasteiger partial charge in [-0.05, 0) is 6.92 Å². The van der Waals surface area contributed by atoms with Gasteiger partial charge in [-0.15, -0.1) is 0 Å². The lowest BCUT2D eigenvalue weighted by Crippen LogP contribution is -2.35. The third-order valence-electron chi connectivity index (χ3n) is 2.33. The van der Waals surface area contributed by atoms with Crippen LogP contribution in [0.2, 0.25) is 0 Å². The lowest BCUT2D eigenvalue weighted by molar-refractivity contribution is 0.393. The summed E-state index contributed by atoms with van der Waals surface area (Å²) in [4.78, 5) is 7.22. The van der Waals surface area contributed by atoms with Crippen molar-refractivity contribution >= 4 is 16.0 Å². The molecular formula is C9H13N5O2S. The van der Waals surface area contributed by atoms with E-state index in [9.17, 15) is 8.42 Å². The van der Waals surface area contributed by atoms with E-state index in [0.717, 1.165) is 16.7 Å². The first-order valence-corrected chi connectivity index (χ1v) is 6.26. The van der Waals surface area contributed by atoms with E-state index in [0.29, 0.717) is 0 Å². The first kappa shape index (κ1) is 13.3. The molecule has 0 radical (unpaired) electrons. The number of hydrogen-bond donors (Lipinski definition) is 1. The molecule has 17 heavy (non-hydrogen) atoms. The fraction of sp³-hybridized carbons (Fsp3) is 0.444. The van der Waals surface area contributed by atoms with Gasteiger partial charge in [0, 0.05) is 13.1 Å². The minimum absolute atomic E-state index is 0.0108. The van der Waals surface area contributed by atoms with Crippen LogP contribution in [0.5, 0.6) is 0 Å². The predicted molar refractivity (Wildman–Crippen MR) is 61.1 cm³/mol. The molecule has 1 aromatic rings. The number of sulfonamides is 1. The van der Waals surface area contributed by atoms with Gasteiger partial charge in [-0.3, -0.25) is 0 Å². The predicted octanol–water partition coefficient (Wildman–Crippen LogP) is -0.0185. The standard InChI is InChI=1S/C9H13N5O2S/c1-7(3-4-10)14(2)17(15,16)8-5-12-9(11)13-6-8/h5-7H,3H2,1-2H3,(H2,11,12,13). The van der Waals surface area contributed by atoms with E-state index < -0.39 is 16.1 Å². The number of aromatic nitrogens is 2. The Bertz CT molecular complexity index is 519. The molecule has 0 saturated carbocycles. The van der Waals surface area contributed by atoms with Crippen molar-refractivity contribution < 1.29 is 8.42 Å². The molecule has 1 unspecified atom stereocenters. The number of nitrogen functional groups attached to an aromatic ring is 1. The third kappa shape index (κ3) is 2.89. The zero-order valence-electron chi connectivity index (χ0n) is 9.53. The molecule has 2 N–H and O–H groups in total. The molecule has 8 heteroatoms. The SMILES string of the molecule is CC(CC#N)N(C)S(=O)(=O)c1cnc(N)nc1. The van der Waals surface area contributed by atoms with Crippen molar-refractivity contribution in [3.8, 4) is 6.07 Å². The summed E-state index contributed by atoms with van der Waals surface area (Å²) in [7, 11) is -2.27. The highest BCUT2D eigenvalue weighted by Gasteiger charge is 2.25. The molecule has 0 bridgehead atoms. The Morgan fingerprint density at radius 3 is 2.53 bits per heavy atom. The van der Waals surface area contributed by atoms with Crippen LogP contribution in [0.15, 0.2) is 17.3 Å². The summed E-state index contributed by atoms with van der Waals surface area (Å²) in [5.74, 6) is 0.0108. The molecule has 0 aromatic carbocycles. The average molecular weight is 255 g/mol. The zero-order valence-corrected chi connectivity index (χ0v) is 10.3. The van der Waals surface area contributed by atoms with Crippen LogP contribution in [-0.4, -0.2) is 35.8 Å². The van der Waals surface area contributed by atoms with E-state index in [1.165, 1.54) is 7.05 Å². The van der Waals surface area contributed by atoms with Gasteiger partial charge in [-0.25, -0.2) is 18.4 Å². The fourth-order valence-corrected chi connectivity index (χ4v) is 2.38. The van der Waals surface area contributed by atoms with E-state index in [1.54, 1.807) is 6.92 Å². The topological polar surface area (TPSA) is 113 Å². The highest BCUT2D eigenvalue weighted by Crippen LogP contribution is 2.16. The van der Waals surface area contributed by atoms with Crippen molar-refractivity contribution in [3.63, 3.8) is 0 Å². The molecule has 1 atom stereocenters. The monoisotopic (exact) mass is 255 g/mol. The van der Waals surface area contributed by atoms with Gasteiger partial charge in [0.2, 0.25) is 16.0 Å². The number of nitriles is 1. The summed E-state index contributed by atoms with van der Waals surface area (Å²) in [5.41, 5.74) is 5.28.